The Kier molecular flexibility index (Phi) is 14.0. The number of rotatable bonds is 10. The number of halogens is 1. The third kappa shape index (κ3) is 10.3. The number of hydrogen-bond donors (Lipinski definition) is 2. The zero-order chi connectivity index (χ0) is 33.0. The molecule has 0 bridgehead atoms. The van der Waals surface area contributed by atoms with E-state index >= 15 is 0 Å². The molecule has 258 valence electrons. The number of nitrogens with one attached hydrogen (secondary N) is 2. The quantitative estimate of drug-likeness (QED) is 0.323. The Morgan fingerprint density at radius 1 is 0.851 bits per heavy atom. The van der Waals surface area contributed by atoms with E-state index in [1.165, 1.54) is 82.0 Å². The fraction of sp³-hybridized carbons (Fsp3) is 0.641. The third-order valence-corrected chi connectivity index (χ3v) is 11.0. The largest absolute Gasteiger partial charge is 0.343 e. The molecule has 0 aromatic heterocycles. The molecule has 0 spiro atoms. The van der Waals surface area contributed by atoms with Crippen LogP contribution in [0.15, 0.2) is 48.5 Å². The lowest BCUT2D eigenvalue weighted by Gasteiger charge is -2.43. The second-order valence-electron chi connectivity index (χ2n) is 13.9. The molecular formula is C39H58ClN5O2. The molecule has 6 rings (SSSR count). The van der Waals surface area contributed by atoms with Crippen molar-refractivity contribution in [2.45, 2.75) is 109 Å². The predicted molar refractivity (Wildman–Crippen MR) is 193 cm³/mol. The zero-order valence-electron chi connectivity index (χ0n) is 28.9. The van der Waals surface area contributed by atoms with Gasteiger partial charge in [0.15, 0.2) is 0 Å². The number of fused-ring (bicyclic) bond motifs is 1. The smallest absolute Gasteiger partial charge is 0.245 e. The summed E-state index contributed by atoms with van der Waals surface area (Å²) >= 11 is 6.16. The van der Waals surface area contributed by atoms with E-state index in [9.17, 15) is 9.59 Å². The van der Waals surface area contributed by atoms with Gasteiger partial charge >= 0.3 is 0 Å². The number of carbonyl (C=O) groups is 2. The monoisotopic (exact) mass is 663 g/mol. The first kappa shape index (κ1) is 35.8. The minimum atomic E-state index is -0.615. The third-order valence-electron chi connectivity index (χ3n) is 10.8. The minimum Gasteiger partial charge on any atom is -0.343 e. The van der Waals surface area contributed by atoms with Crippen molar-refractivity contribution in [3.63, 3.8) is 0 Å². The highest BCUT2D eigenvalue weighted by molar-refractivity contribution is 6.30. The Morgan fingerprint density at radius 2 is 1.51 bits per heavy atom. The lowest BCUT2D eigenvalue weighted by molar-refractivity contribution is -0.138. The molecule has 2 N–H and O–H groups in total. The second-order valence-corrected chi connectivity index (χ2v) is 14.4. The van der Waals surface area contributed by atoms with Crippen LogP contribution in [-0.2, 0) is 29.0 Å². The first-order chi connectivity index (χ1) is 23.0. The summed E-state index contributed by atoms with van der Waals surface area (Å²) in [7, 11) is 0. The van der Waals surface area contributed by atoms with Crippen molar-refractivity contribution in [1.82, 2.24) is 25.3 Å². The van der Waals surface area contributed by atoms with Crippen LogP contribution in [0.5, 0.6) is 0 Å². The van der Waals surface area contributed by atoms with Crippen LogP contribution >= 0.6 is 11.6 Å². The fourth-order valence-electron chi connectivity index (χ4n) is 8.08. The zero-order valence-corrected chi connectivity index (χ0v) is 29.7. The van der Waals surface area contributed by atoms with Gasteiger partial charge in [-0.15, -0.1) is 0 Å². The first-order valence-corrected chi connectivity index (χ1v) is 19.0. The summed E-state index contributed by atoms with van der Waals surface area (Å²) in [4.78, 5) is 35.1. The Morgan fingerprint density at radius 3 is 2.21 bits per heavy atom. The molecule has 3 aliphatic heterocycles. The molecule has 3 heterocycles. The highest BCUT2D eigenvalue weighted by Gasteiger charge is 2.34. The van der Waals surface area contributed by atoms with Crippen LogP contribution in [0.4, 0.5) is 0 Å². The lowest BCUT2D eigenvalue weighted by atomic mass is 9.84. The summed E-state index contributed by atoms with van der Waals surface area (Å²) in [6.45, 7) is 11.5. The molecule has 2 aromatic carbocycles. The van der Waals surface area contributed by atoms with Gasteiger partial charge in [0.1, 0.15) is 6.04 Å². The van der Waals surface area contributed by atoms with Crippen molar-refractivity contribution in [3.8, 4) is 0 Å². The van der Waals surface area contributed by atoms with Crippen LogP contribution in [-0.4, -0.2) is 90.5 Å². The maximum atomic E-state index is 14.1. The summed E-state index contributed by atoms with van der Waals surface area (Å²) in [5.74, 6) is 0.756. The van der Waals surface area contributed by atoms with E-state index in [-0.39, 0.29) is 17.9 Å². The summed E-state index contributed by atoms with van der Waals surface area (Å²) in [6.07, 6.45) is 13.3. The highest BCUT2D eigenvalue weighted by Crippen LogP contribution is 2.30. The van der Waals surface area contributed by atoms with Gasteiger partial charge in [0.2, 0.25) is 11.8 Å². The Labute approximate surface area is 288 Å². The molecule has 7 nitrogen and oxygen atoms in total. The van der Waals surface area contributed by atoms with Crippen LogP contribution < -0.4 is 10.6 Å². The molecule has 2 saturated heterocycles. The molecule has 47 heavy (non-hydrogen) atoms. The van der Waals surface area contributed by atoms with Crippen molar-refractivity contribution in [2.75, 3.05) is 45.8 Å². The van der Waals surface area contributed by atoms with Crippen LogP contribution in [0.3, 0.4) is 0 Å². The van der Waals surface area contributed by atoms with Gasteiger partial charge in [-0.05, 0) is 73.5 Å². The van der Waals surface area contributed by atoms with E-state index in [1.54, 1.807) is 0 Å². The van der Waals surface area contributed by atoms with E-state index in [0.717, 1.165) is 31.1 Å². The lowest BCUT2D eigenvalue weighted by Crippen LogP contribution is -2.60. The van der Waals surface area contributed by atoms with Gasteiger partial charge in [-0.2, -0.15) is 0 Å². The maximum absolute atomic E-state index is 14.1. The average Bonchev–Trinajstić information content (AvgIpc) is 3.13. The molecule has 2 amide bonds. The first-order valence-electron chi connectivity index (χ1n) is 18.6. The van der Waals surface area contributed by atoms with E-state index in [0.29, 0.717) is 43.5 Å². The van der Waals surface area contributed by atoms with Gasteiger partial charge < -0.3 is 20.4 Å². The SMILES string of the molecule is CC.O=C(NC(Cc1ccc(Cl)cc1)C(=O)N1CCN(C(CC2CCCCC2)CN2CCCCC2)CC1)C1Cc2ccccc2CN1. The number of amides is 2. The van der Waals surface area contributed by atoms with E-state index < -0.39 is 6.04 Å². The summed E-state index contributed by atoms with van der Waals surface area (Å²) < 4.78 is 0. The van der Waals surface area contributed by atoms with E-state index in [2.05, 4.69) is 32.6 Å². The van der Waals surface area contributed by atoms with Crippen molar-refractivity contribution in [1.29, 1.82) is 0 Å². The van der Waals surface area contributed by atoms with Gasteiger partial charge in [0.25, 0.3) is 0 Å². The van der Waals surface area contributed by atoms with E-state index in [1.807, 2.05) is 55.1 Å². The Hall–Kier alpha value is -2.45. The number of nitrogens with zero attached hydrogens (tertiary/aromatic N) is 3. The number of hydrogen-bond acceptors (Lipinski definition) is 5. The normalized spacial score (nSPS) is 22.4. The molecule has 3 fully saturated rings. The van der Waals surface area contributed by atoms with E-state index in [4.69, 9.17) is 11.6 Å². The average molecular weight is 664 g/mol. The molecule has 3 atom stereocenters. The summed E-state index contributed by atoms with van der Waals surface area (Å²) in [6, 6.07) is 15.5. The number of likely N-dealkylation sites (tertiary alicyclic amines) is 1. The molecule has 4 aliphatic rings. The van der Waals surface area contributed by atoms with Crippen molar-refractivity contribution in [3.05, 3.63) is 70.2 Å². The van der Waals surface area contributed by atoms with Crippen molar-refractivity contribution < 1.29 is 9.59 Å². The van der Waals surface area contributed by atoms with Crippen molar-refractivity contribution >= 4 is 23.4 Å². The van der Waals surface area contributed by atoms with Gasteiger partial charge in [-0.25, -0.2) is 0 Å². The van der Waals surface area contributed by atoms with Gasteiger partial charge in [-0.3, -0.25) is 14.5 Å². The molecule has 8 heteroatoms. The van der Waals surface area contributed by atoms with Crippen LogP contribution in [0.25, 0.3) is 0 Å². The second kappa shape index (κ2) is 18.4. The number of piperazine rings is 1. The Balaban J connectivity index is 0.00000213. The summed E-state index contributed by atoms with van der Waals surface area (Å²) in [5, 5.41) is 7.23. The molecule has 1 saturated carbocycles. The van der Waals surface area contributed by atoms with Gasteiger partial charge in [-0.1, -0.05) is 100 Å². The van der Waals surface area contributed by atoms with Crippen LogP contribution in [0.1, 0.15) is 88.3 Å². The number of carbonyl (C=O) groups excluding carboxylic acids is 2. The molecule has 1 aliphatic carbocycles. The molecule has 2 aromatic rings. The van der Waals surface area contributed by atoms with Gasteiger partial charge in [0, 0.05) is 56.8 Å². The topological polar surface area (TPSA) is 67.9 Å². The maximum Gasteiger partial charge on any atom is 0.245 e. The fourth-order valence-corrected chi connectivity index (χ4v) is 8.21. The Bertz CT molecular complexity index is 1230. The van der Waals surface area contributed by atoms with Crippen LogP contribution in [0, 0.1) is 5.92 Å². The number of benzene rings is 2. The van der Waals surface area contributed by atoms with Crippen molar-refractivity contribution in [2.24, 2.45) is 5.92 Å². The molecule has 3 unspecified atom stereocenters. The predicted octanol–water partition coefficient (Wildman–Crippen LogP) is 6.08. The minimum absolute atomic E-state index is 0.0222. The standard InChI is InChI=1S/C37H52ClN5O2.C2H6/c38-32-15-13-29(14-16-32)24-35(40-36(44)34-25-30-11-5-6-12-31(30)26-39-34)37(45)43-21-19-42(20-22-43)33(23-28-9-3-1-4-10-28)27-41-17-7-2-8-18-41;1-2/h5-6,11-16,28,33-35,39H,1-4,7-10,17-27H2,(H,40,44);1-2H3. The summed E-state index contributed by atoms with van der Waals surface area (Å²) in [5.41, 5.74) is 3.42. The molecule has 0 radical (unpaired) electrons. The highest BCUT2D eigenvalue weighted by atomic mass is 35.5. The molecular weight excluding hydrogens is 606 g/mol. The number of piperidine rings is 1. The van der Waals surface area contributed by atoms with Crippen LogP contribution in [0.2, 0.25) is 5.02 Å². The van der Waals surface area contributed by atoms with Gasteiger partial charge in [0.05, 0.1) is 6.04 Å².